The number of carbonyl (C=O) groups excluding carboxylic acids is 3. The first kappa shape index (κ1) is 36.3. The molecule has 3 aromatic carbocycles. The number of ether oxygens (including phenoxy) is 2. The zero-order valence-electron chi connectivity index (χ0n) is 25.8. The summed E-state index contributed by atoms with van der Waals surface area (Å²) in [6, 6.07) is 23.8. The molecule has 238 valence electrons. The Balaban J connectivity index is 0.00000675. The lowest BCUT2D eigenvalue weighted by atomic mass is 10.1. The van der Waals surface area contributed by atoms with Crippen molar-refractivity contribution in [1.82, 2.24) is 5.32 Å². The molecular weight excluding hydrogens is 578 g/mol. The predicted octanol–water partition coefficient (Wildman–Crippen LogP) is 6.59. The van der Waals surface area contributed by atoms with Gasteiger partial charge in [-0.3, -0.25) is 9.59 Å². The number of amides is 2. The Bertz CT molecular complexity index is 1290. The van der Waals surface area contributed by atoms with Crippen LogP contribution in [0.4, 0.5) is 5.69 Å². The molecule has 0 spiro atoms. The lowest BCUT2D eigenvalue weighted by molar-refractivity contribution is -0.143. The highest BCUT2D eigenvalue weighted by Crippen LogP contribution is 2.29. The normalized spacial score (nSPS) is 11.2. The molecule has 0 bridgehead atoms. The van der Waals surface area contributed by atoms with E-state index in [1.807, 2.05) is 60.7 Å². The Labute approximate surface area is 267 Å². The van der Waals surface area contributed by atoms with E-state index < -0.39 is 17.9 Å². The van der Waals surface area contributed by atoms with Crippen LogP contribution in [0.25, 0.3) is 0 Å². The molecule has 3 rings (SSSR count). The molecule has 0 fully saturated rings. The molecule has 0 aromatic heterocycles. The molecule has 8 nitrogen and oxygen atoms in total. The number of benzene rings is 3. The van der Waals surface area contributed by atoms with E-state index >= 15 is 0 Å². The minimum Gasteiger partial charge on any atom is -0.488 e. The summed E-state index contributed by atoms with van der Waals surface area (Å²) < 4.78 is 11.1. The maximum Gasteiger partial charge on any atom is 0.328 e. The van der Waals surface area contributed by atoms with Crippen LogP contribution < -0.4 is 20.7 Å². The number of unbranched alkanes of at least 4 members (excludes halogenated alkanes) is 4. The second kappa shape index (κ2) is 20.1. The monoisotopic (exact) mass is 623 g/mol. The summed E-state index contributed by atoms with van der Waals surface area (Å²) in [7, 11) is 1.30. The maximum atomic E-state index is 13.5. The molecule has 2 amide bonds. The first-order chi connectivity index (χ1) is 21.0. The van der Waals surface area contributed by atoms with Gasteiger partial charge in [-0.1, -0.05) is 86.8 Å². The van der Waals surface area contributed by atoms with Crippen LogP contribution in [-0.4, -0.2) is 37.5 Å². The van der Waals surface area contributed by atoms with Gasteiger partial charge in [0.2, 0.25) is 5.91 Å². The summed E-state index contributed by atoms with van der Waals surface area (Å²) in [5.74, 6) is -0.646. The van der Waals surface area contributed by atoms with E-state index in [1.54, 1.807) is 23.1 Å². The highest BCUT2D eigenvalue weighted by molar-refractivity contribution is 6.00. The molecule has 0 aliphatic rings. The fourth-order valence-corrected chi connectivity index (χ4v) is 4.77. The van der Waals surface area contributed by atoms with Gasteiger partial charge in [0, 0.05) is 18.2 Å². The second-order valence-electron chi connectivity index (χ2n) is 10.6. The highest BCUT2D eigenvalue weighted by atomic mass is 35.5. The van der Waals surface area contributed by atoms with E-state index in [4.69, 9.17) is 15.2 Å². The van der Waals surface area contributed by atoms with E-state index in [0.29, 0.717) is 43.8 Å². The van der Waals surface area contributed by atoms with E-state index in [-0.39, 0.29) is 30.5 Å². The average molecular weight is 624 g/mol. The van der Waals surface area contributed by atoms with Gasteiger partial charge in [0.25, 0.3) is 5.91 Å². The van der Waals surface area contributed by atoms with Gasteiger partial charge in [0.1, 0.15) is 18.4 Å². The van der Waals surface area contributed by atoms with Gasteiger partial charge in [-0.2, -0.15) is 0 Å². The highest BCUT2D eigenvalue weighted by Gasteiger charge is 2.25. The Morgan fingerprint density at radius 1 is 0.864 bits per heavy atom. The van der Waals surface area contributed by atoms with Crippen LogP contribution in [-0.2, 0) is 27.5 Å². The van der Waals surface area contributed by atoms with Crippen molar-refractivity contribution in [2.75, 3.05) is 18.6 Å². The standard InChI is InChI=1S/C35H45N3O5.ClH/c1-3-4-5-12-20-33(39)38(25-27-15-8-6-9-16-27)29-21-22-30(32(24-29)43-26-28-17-10-7-11-18-28)34(40)37-31(35(41)42-2)19-13-14-23-36;/h6-11,15-18,21-22,24,31H,3-5,12-14,19-20,23,25-26,36H2,1-2H3,(H,37,40);1H/t31-;/m0./s1. The number of anilines is 1. The van der Waals surface area contributed by atoms with Gasteiger partial charge in [-0.05, 0) is 55.5 Å². The quantitative estimate of drug-likeness (QED) is 0.122. The van der Waals surface area contributed by atoms with E-state index in [9.17, 15) is 14.4 Å². The largest absolute Gasteiger partial charge is 0.488 e. The molecular formula is C35H46ClN3O5. The fraction of sp³-hybridized carbons (Fsp3) is 0.400. The number of hydrogen-bond acceptors (Lipinski definition) is 6. The summed E-state index contributed by atoms with van der Waals surface area (Å²) in [5, 5.41) is 2.82. The number of methoxy groups -OCH3 is 1. The number of nitrogens with two attached hydrogens (primary N) is 1. The van der Waals surface area contributed by atoms with Crippen molar-refractivity contribution in [1.29, 1.82) is 0 Å². The van der Waals surface area contributed by atoms with Crippen LogP contribution in [0.3, 0.4) is 0 Å². The molecule has 0 aliphatic heterocycles. The minimum absolute atomic E-state index is 0. The lowest BCUT2D eigenvalue weighted by Crippen LogP contribution is -2.41. The third-order valence-electron chi connectivity index (χ3n) is 7.23. The number of esters is 1. The molecule has 3 N–H and O–H groups in total. The number of rotatable bonds is 18. The van der Waals surface area contributed by atoms with Crippen LogP contribution in [0.1, 0.15) is 79.8 Å². The fourth-order valence-electron chi connectivity index (χ4n) is 4.77. The molecule has 0 unspecified atom stereocenters. The third kappa shape index (κ3) is 11.7. The van der Waals surface area contributed by atoms with Gasteiger partial charge in [0.15, 0.2) is 0 Å². The van der Waals surface area contributed by atoms with Crippen LogP contribution in [0.2, 0.25) is 0 Å². The molecule has 0 saturated carbocycles. The summed E-state index contributed by atoms with van der Waals surface area (Å²) >= 11 is 0. The Kier molecular flexibility index (Phi) is 16.6. The molecule has 3 aromatic rings. The zero-order chi connectivity index (χ0) is 30.9. The van der Waals surface area contributed by atoms with Crippen LogP contribution in [0, 0.1) is 0 Å². The van der Waals surface area contributed by atoms with Crippen LogP contribution in [0.15, 0.2) is 78.9 Å². The SMILES string of the molecule is CCCCCCC(=O)N(Cc1ccccc1)c1ccc(C(=O)N[C@@H](CCCCN)C(=O)OC)c(OCc2ccccc2)c1.Cl. The second-order valence-corrected chi connectivity index (χ2v) is 10.6. The molecule has 44 heavy (non-hydrogen) atoms. The molecule has 0 aliphatic carbocycles. The van der Waals surface area contributed by atoms with E-state index in [2.05, 4.69) is 12.2 Å². The van der Waals surface area contributed by atoms with Crippen molar-refractivity contribution in [2.24, 2.45) is 5.73 Å². The number of hydrogen-bond donors (Lipinski definition) is 2. The predicted molar refractivity (Wildman–Crippen MR) is 177 cm³/mol. The van der Waals surface area contributed by atoms with Gasteiger partial charge >= 0.3 is 5.97 Å². The van der Waals surface area contributed by atoms with Crippen molar-refractivity contribution >= 4 is 35.9 Å². The molecule has 9 heteroatoms. The van der Waals surface area contributed by atoms with Gasteiger partial charge in [-0.25, -0.2) is 4.79 Å². The van der Waals surface area contributed by atoms with Crippen molar-refractivity contribution in [3.8, 4) is 5.75 Å². The summed E-state index contributed by atoms with van der Waals surface area (Å²) in [5.41, 5.74) is 8.45. The summed E-state index contributed by atoms with van der Waals surface area (Å²) in [4.78, 5) is 41.3. The molecule has 0 radical (unpaired) electrons. The number of carbonyl (C=O) groups is 3. The van der Waals surface area contributed by atoms with E-state index in [1.165, 1.54) is 7.11 Å². The lowest BCUT2D eigenvalue weighted by Gasteiger charge is -2.25. The van der Waals surface area contributed by atoms with Crippen molar-refractivity contribution in [3.63, 3.8) is 0 Å². The Hall–Kier alpha value is -3.88. The van der Waals surface area contributed by atoms with Crippen molar-refractivity contribution < 1.29 is 23.9 Å². The van der Waals surface area contributed by atoms with Gasteiger partial charge in [-0.15, -0.1) is 12.4 Å². The molecule has 0 heterocycles. The summed E-state index contributed by atoms with van der Waals surface area (Å²) in [6.07, 6.45) is 6.23. The van der Waals surface area contributed by atoms with E-state index in [0.717, 1.165) is 43.2 Å². The topological polar surface area (TPSA) is 111 Å². The van der Waals surface area contributed by atoms with Gasteiger partial charge < -0.3 is 25.4 Å². The van der Waals surface area contributed by atoms with Crippen LogP contribution >= 0.6 is 12.4 Å². The average Bonchev–Trinajstić information content (AvgIpc) is 3.04. The zero-order valence-corrected chi connectivity index (χ0v) is 26.7. The first-order valence-corrected chi connectivity index (χ1v) is 15.2. The first-order valence-electron chi connectivity index (χ1n) is 15.2. The summed E-state index contributed by atoms with van der Waals surface area (Å²) in [6.45, 7) is 3.26. The third-order valence-corrected chi connectivity index (χ3v) is 7.23. The van der Waals surface area contributed by atoms with Crippen molar-refractivity contribution in [2.45, 2.75) is 77.5 Å². The maximum absolute atomic E-state index is 13.5. The Morgan fingerprint density at radius 3 is 2.18 bits per heavy atom. The smallest absolute Gasteiger partial charge is 0.328 e. The number of halogens is 1. The minimum atomic E-state index is -0.815. The van der Waals surface area contributed by atoms with Crippen LogP contribution in [0.5, 0.6) is 5.75 Å². The van der Waals surface area contributed by atoms with Crippen molar-refractivity contribution in [3.05, 3.63) is 95.6 Å². The van der Waals surface area contributed by atoms with Gasteiger partial charge in [0.05, 0.1) is 19.2 Å². The Morgan fingerprint density at radius 2 is 1.55 bits per heavy atom. The number of nitrogens with one attached hydrogen (secondary N) is 1. The molecule has 1 atom stereocenters. The number of nitrogens with zero attached hydrogens (tertiary/aromatic N) is 1. The molecule has 0 saturated heterocycles.